The van der Waals surface area contributed by atoms with Crippen molar-refractivity contribution in [3.8, 4) is 0 Å². The van der Waals surface area contributed by atoms with Gasteiger partial charge in [-0.3, -0.25) is 4.79 Å². The average Bonchev–Trinajstić information content (AvgIpc) is 2.84. The van der Waals surface area contributed by atoms with Gasteiger partial charge in [0.25, 0.3) is 5.91 Å². The van der Waals surface area contributed by atoms with Crippen molar-refractivity contribution in [2.24, 2.45) is 0 Å². The van der Waals surface area contributed by atoms with Gasteiger partial charge in [0, 0.05) is 76.3 Å². The van der Waals surface area contributed by atoms with Gasteiger partial charge in [-0.25, -0.2) is 15.0 Å². The summed E-state index contributed by atoms with van der Waals surface area (Å²) in [6.45, 7) is 6.67. The maximum absolute atomic E-state index is 13.2. The van der Waals surface area contributed by atoms with Gasteiger partial charge in [-0.15, -0.1) is 0 Å². The SMILES string of the molecule is CN1CCN(C(=O)c2cnc(N3CCN(c4ncccn4)CC3)c3ccccc23)CC1. The van der Waals surface area contributed by atoms with Crippen LogP contribution >= 0.6 is 0 Å². The first kappa shape index (κ1) is 19.7. The number of benzene rings is 1. The predicted molar refractivity (Wildman–Crippen MR) is 122 cm³/mol. The molecule has 8 heteroatoms. The molecule has 0 radical (unpaired) electrons. The first-order valence-corrected chi connectivity index (χ1v) is 10.8. The van der Waals surface area contributed by atoms with Crippen molar-refractivity contribution < 1.29 is 4.79 Å². The van der Waals surface area contributed by atoms with Gasteiger partial charge in [-0.05, 0) is 18.5 Å². The molecule has 3 aromatic rings. The van der Waals surface area contributed by atoms with Crippen LogP contribution < -0.4 is 9.80 Å². The van der Waals surface area contributed by atoms with E-state index in [0.717, 1.165) is 74.9 Å². The number of pyridine rings is 1. The highest BCUT2D eigenvalue weighted by Gasteiger charge is 2.25. The van der Waals surface area contributed by atoms with Gasteiger partial charge in [0.2, 0.25) is 5.95 Å². The molecule has 4 heterocycles. The number of hydrogen-bond acceptors (Lipinski definition) is 7. The van der Waals surface area contributed by atoms with Crippen molar-refractivity contribution in [1.29, 1.82) is 0 Å². The summed E-state index contributed by atoms with van der Waals surface area (Å²) in [5.74, 6) is 1.79. The summed E-state index contributed by atoms with van der Waals surface area (Å²) in [5, 5.41) is 2.01. The Labute approximate surface area is 182 Å². The first-order chi connectivity index (χ1) is 15.2. The Morgan fingerprint density at radius 1 is 0.774 bits per heavy atom. The van der Waals surface area contributed by atoms with Crippen LogP contribution in [0.25, 0.3) is 10.8 Å². The minimum atomic E-state index is 0.0781. The average molecular weight is 418 g/mol. The van der Waals surface area contributed by atoms with Gasteiger partial charge in [0.1, 0.15) is 5.82 Å². The molecule has 5 rings (SSSR count). The summed E-state index contributed by atoms with van der Waals surface area (Å²) in [6, 6.07) is 9.97. The van der Waals surface area contributed by atoms with Crippen LogP contribution in [-0.4, -0.2) is 90.1 Å². The van der Waals surface area contributed by atoms with Gasteiger partial charge in [-0.2, -0.15) is 0 Å². The van der Waals surface area contributed by atoms with Gasteiger partial charge in [0.15, 0.2) is 0 Å². The number of carbonyl (C=O) groups is 1. The van der Waals surface area contributed by atoms with E-state index >= 15 is 0 Å². The molecule has 2 aliphatic heterocycles. The molecule has 0 saturated carbocycles. The van der Waals surface area contributed by atoms with E-state index in [2.05, 4.69) is 37.8 Å². The molecule has 31 heavy (non-hydrogen) atoms. The Morgan fingerprint density at radius 2 is 1.42 bits per heavy atom. The minimum Gasteiger partial charge on any atom is -0.353 e. The van der Waals surface area contributed by atoms with E-state index in [1.807, 2.05) is 29.2 Å². The Kier molecular flexibility index (Phi) is 5.38. The molecule has 8 nitrogen and oxygen atoms in total. The number of fused-ring (bicyclic) bond motifs is 1. The molecule has 2 aliphatic rings. The Hall–Kier alpha value is -3.26. The molecule has 2 fully saturated rings. The number of anilines is 2. The second-order valence-electron chi connectivity index (χ2n) is 8.16. The van der Waals surface area contributed by atoms with E-state index in [9.17, 15) is 4.79 Å². The number of rotatable bonds is 3. The number of amides is 1. The quantitative estimate of drug-likeness (QED) is 0.643. The van der Waals surface area contributed by atoms with E-state index in [-0.39, 0.29) is 5.91 Å². The molecule has 0 spiro atoms. The fourth-order valence-electron chi connectivity index (χ4n) is 4.35. The fourth-order valence-corrected chi connectivity index (χ4v) is 4.35. The molecule has 1 aromatic carbocycles. The number of carbonyl (C=O) groups excluding carboxylic acids is 1. The molecular weight excluding hydrogens is 390 g/mol. The van der Waals surface area contributed by atoms with Crippen LogP contribution in [0.5, 0.6) is 0 Å². The smallest absolute Gasteiger partial charge is 0.256 e. The highest BCUT2D eigenvalue weighted by atomic mass is 16.2. The van der Waals surface area contributed by atoms with E-state index < -0.39 is 0 Å². The van der Waals surface area contributed by atoms with Gasteiger partial charge >= 0.3 is 0 Å². The predicted octanol–water partition coefficient (Wildman–Crippen LogP) is 1.74. The summed E-state index contributed by atoms with van der Waals surface area (Å²) in [5.41, 5.74) is 0.695. The highest BCUT2D eigenvalue weighted by Crippen LogP contribution is 2.29. The topological polar surface area (TPSA) is 68.7 Å². The van der Waals surface area contributed by atoms with Crippen LogP contribution in [0.4, 0.5) is 11.8 Å². The molecule has 0 unspecified atom stereocenters. The molecule has 0 atom stereocenters. The second kappa shape index (κ2) is 8.47. The zero-order chi connectivity index (χ0) is 21.2. The van der Waals surface area contributed by atoms with Crippen LogP contribution in [0.3, 0.4) is 0 Å². The zero-order valence-corrected chi connectivity index (χ0v) is 17.8. The maximum Gasteiger partial charge on any atom is 0.256 e. The van der Waals surface area contributed by atoms with Crippen molar-refractivity contribution in [3.63, 3.8) is 0 Å². The largest absolute Gasteiger partial charge is 0.353 e. The molecule has 160 valence electrons. The van der Waals surface area contributed by atoms with Gasteiger partial charge in [-0.1, -0.05) is 24.3 Å². The first-order valence-electron chi connectivity index (χ1n) is 10.8. The fraction of sp³-hybridized carbons (Fsp3) is 0.391. The number of aromatic nitrogens is 3. The summed E-state index contributed by atoms with van der Waals surface area (Å²) in [7, 11) is 2.09. The summed E-state index contributed by atoms with van der Waals surface area (Å²) >= 11 is 0. The maximum atomic E-state index is 13.2. The van der Waals surface area contributed by atoms with Crippen LogP contribution in [0.1, 0.15) is 10.4 Å². The summed E-state index contributed by atoms with van der Waals surface area (Å²) < 4.78 is 0. The molecule has 0 N–H and O–H groups in total. The lowest BCUT2D eigenvalue weighted by atomic mass is 10.0. The Bertz CT molecular complexity index is 1060. The minimum absolute atomic E-state index is 0.0781. The third-order valence-electron chi connectivity index (χ3n) is 6.21. The zero-order valence-electron chi connectivity index (χ0n) is 17.8. The summed E-state index contributed by atoms with van der Waals surface area (Å²) in [4.78, 5) is 35.4. The number of likely N-dealkylation sites (N-methyl/N-ethyl adjacent to an activating group) is 1. The standard InChI is InChI=1S/C23H27N7O/c1-27-9-11-29(12-10-27)22(31)20-17-26-21(19-6-3-2-5-18(19)20)28-13-15-30(16-14-28)23-24-7-4-8-25-23/h2-8,17H,9-16H2,1H3. The van der Waals surface area contributed by atoms with E-state index in [4.69, 9.17) is 4.98 Å². The number of nitrogens with zero attached hydrogens (tertiary/aromatic N) is 7. The molecule has 2 saturated heterocycles. The van der Waals surface area contributed by atoms with E-state index in [1.54, 1.807) is 18.6 Å². The van der Waals surface area contributed by atoms with E-state index in [0.29, 0.717) is 5.56 Å². The molecule has 0 bridgehead atoms. The number of hydrogen-bond donors (Lipinski definition) is 0. The Balaban J connectivity index is 1.39. The number of piperazine rings is 2. The summed E-state index contributed by atoms with van der Waals surface area (Å²) in [6.07, 6.45) is 5.32. The second-order valence-corrected chi connectivity index (χ2v) is 8.16. The molecule has 1 amide bonds. The molecule has 2 aromatic heterocycles. The third kappa shape index (κ3) is 3.90. The lowest BCUT2D eigenvalue weighted by molar-refractivity contribution is 0.0665. The van der Waals surface area contributed by atoms with Gasteiger partial charge in [0.05, 0.1) is 5.56 Å². The Morgan fingerprint density at radius 3 is 2.13 bits per heavy atom. The normalized spacial score (nSPS) is 17.9. The van der Waals surface area contributed by atoms with Gasteiger partial charge < -0.3 is 19.6 Å². The molecule has 0 aliphatic carbocycles. The van der Waals surface area contributed by atoms with Crippen molar-refractivity contribution in [2.75, 3.05) is 69.2 Å². The lowest BCUT2D eigenvalue weighted by Gasteiger charge is -2.36. The van der Waals surface area contributed by atoms with Crippen LogP contribution in [0.2, 0.25) is 0 Å². The van der Waals surface area contributed by atoms with Crippen molar-refractivity contribution >= 4 is 28.4 Å². The van der Waals surface area contributed by atoms with E-state index in [1.165, 1.54) is 0 Å². The molecular formula is C23H27N7O. The highest BCUT2D eigenvalue weighted by molar-refractivity contribution is 6.09. The van der Waals surface area contributed by atoms with Crippen LogP contribution in [0.15, 0.2) is 48.9 Å². The van der Waals surface area contributed by atoms with Crippen molar-refractivity contribution in [2.45, 2.75) is 0 Å². The monoisotopic (exact) mass is 417 g/mol. The van der Waals surface area contributed by atoms with Crippen molar-refractivity contribution in [1.82, 2.24) is 24.8 Å². The van der Waals surface area contributed by atoms with Crippen molar-refractivity contribution in [3.05, 3.63) is 54.5 Å². The lowest BCUT2D eigenvalue weighted by Crippen LogP contribution is -2.48. The van der Waals surface area contributed by atoms with Crippen LogP contribution in [0, 0.1) is 0 Å². The third-order valence-corrected chi connectivity index (χ3v) is 6.21. The van der Waals surface area contributed by atoms with Crippen LogP contribution in [-0.2, 0) is 0 Å².